The highest BCUT2D eigenvalue weighted by Crippen LogP contribution is 2.33. The quantitative estimate of drug-likeness (QED) is 0.896. The number of amides is 2. The third-order valence-corrected chi connectivity index (χ3v) is 3.32. The number of rotatable bonds is 2. The minimum atomic E-state index is -4.63. The van der Waals surface area contributed by atoms with Gasteiger partial charge in [0.1, 0.15) is 11.5 Å². The first-order valence-corrected chi connectivity index (χ1v) is 6.28. The molecule has 2 N–H and O–H groups in total. The molecule has 0 aromatic carbocycles. The lowest BCUT2D eigenvalue weighted by molar-refractivity contribution is -0.141. The number of anilines is 1. The van der Waals surface area contributed by atoms with Crippen LogP contribution in [-0.2, 0) is 15.7 Å². The van der Waals surface area contributed by atoms with Crippen LogP contribution in [0.15, 0.2) is 18.2 Å². The second kappa shape index (κ2) is 5.19. The highest BCUT2D eigenvalue weighted by atomic mass is 32.2. The first-order chi connectivity index (χ1) is 9.29. The molecule has 2 heterocycles. The maximum absolute atomic E-state index is 12.6. The number of thioether (sulfide) groups is 1. The Balaban J connectivity index is 2.33. The summed E-state index contributed by atoms with van der Waals surface area (Å²) in [5.41, 5.74) is 2.59. The standard InChI is InChI=1S/C10H8F3N3O3S/c11-10(12,13)5-2-1-3-6(15-5)16-7(17)4-20-9(16)19-8(14)18/h1-3,9H,4H2,(H2,14,18). The lowest BCUT2D eigenvalue weighted by Gasteiger charge is -2.22. The van der Waals surface area contributed by atoms with Gasteiger partial charge in [-0.25, -0.2) is 14.7 Å². The summed E-state index contributed by atoms with van der Waals surface area (Å²) < 4.78 is 42.4. The summed E-state index contributed by atoms with van der Waals surface area (Å²) in [7, 11) is 0. The molecule has 1 aromatic rings. The molecular weight excluding hydrogens is 299 g/mol. The molecule has 0 aliphatic carbocycles. The molecule has 108 valence electrons. The topological polar surface area (TPSA) is 85.5 Å². The van der Waals surface area contributed by atoms with E-state index in [0.717, 1.165) is 28.8 Å². The SMILES string of the molecule is NC(=O)OC1SCC(=O)N1c1cccc(C(F)(F)F)n1. The molecule has 6 nitrogen and oxygen atoms in total. The molecule has 1 aliphatic heterocycles. The maximum Gasteiger partial charge on any atom is 0.433 e. The molecule has 0 radical (unpaired) electrons. The van der Waals surface area contributed by atoms with Crippen molar-refractivity contribution in [3.05, 3.63) is 23.9 Å². The Hall–Kier alpha value is -1.97. The van der Waals surface area contributed by atoms with Gasteiger partial charge in [-0.15, -0.1) is 0 Å². The second-order valence-corrected chi connectivity index (χ2v) is 4.72. The van der Waals surface area contributed by atoms with E-state index in [4.69, 9.17) is 5.73 Å². The molecular formula is C10H8F3N3O3S. The Bertz CT molecular complexity index is 552. The molecule has 0 spiro atoms. The zero-order valence-electron chi connectivity index (χ0n) is 9.76. The summed E-state index contributed by atoms with van der Waals surface area (Å²) in [6.07, 6.45) is -5.76. The van der Waals surface area contributed by atoms with Gasteiger partial charge in [-0.1, -0.05) is 17.8 Å². The van der Waals surface area contributed by atoms with Crippen molar-refractivity contribution in [2.45, 2.75) is 11.7 Å². The van der Waals surface area contributed by atoms with E-state index in [1.807, 2.05) is 0 Å². The van der Waals surface area contributed by atoms with E-state index in [-0.39, 0.29) is 11.6 Å². The van der Waals surface area contributed by atoms with E-state index in [2.05, 4.69) is 9.72 Å². The lowest BCUT2D eigenvalue weighted by atomic mass is 10.3. The molecule has 0 bridgehead atoms. The fraction of sp³-hybridized carbons (Fsp3) is 0.300. The zero-order chi connectivity index (χ0) is 14.9. The Kier molecular flexibility index (Phi) is 3.75. The van der Waals surface area contributed by atoms with Crippen LogP contribution in [0.2, 0.25) is 0 Å². The molecule has 1 aromatic heterocycles. The maximum atomic E-state index is 12.6. The lowest BCUT2D eigenvalue weighted by Crippen LogP contribution is -2.37. The Morgan fingerprint density at radius 1 is 1.50 bits per heavy atom. The van der Waals surface area contributed by atoms with Gasteiger partial charge in [0.15, 0.2) is 0 Å². The van der Waals surface area contributed by atoms with Crippen LogP contribution >= 0.6 is 11.8 Å². The van der Waals surface area contributed by atoms with E-state index in [0.29, 0.717) is 0 Å². The molecule has 1 fully saturated rings. The van der Waals surface area contributed by atoms with E-state index in [1.165, 1.54) is 6.07 Å². The third-order valence-electron chi connectivity index (χ3n) is 2.32. The summed E-state index contributed by atoms with van der Waals surface area (Å²) in [5, 5.41) is 0. The molecule has 0 saturated carbocycles. The van der Waals surface area contributed by atoms with Gasteiger partial charge in [-0.3, -0.25) is 4.79 Å². The van der Waals surface area contributed by atoms with Crippen LogP contribution in [0.25, 0.3) is 0 Å². The van der Waals surface area contributed by atoms with Crippen LogP contribution in [0.3, 0.4) is 0 Å². The Labute approximate surface area is 115 Å². The first-order valence-electron chi connectivity index (χ1n) is 5.23. The molecule has 20 heavy (non-hydrogen) atoms. The highest BCUT2D eigenvalue weighted by molar-refractivity contribution is 8.01. The largest absolute Gasteiger partial charge is 0.433 e. The van der Waals surface area contributed by atoms with Crippen molar-refractivity contribution in [3.8, 4) is 0 Å². The van der Waals surface area contributed by atoms with Crippen molar-refractivity contribution < 1.29 is 27.5 Å². The fourth-order valence-corrected chi connectivity index (χ4v) is 2.50. The Morgan fingerprint density at radius 2 is 2.20 bits per heavy atom. The number of halogens is 3. The van der Waals surface area contributed by atoms with Crippen LogP contribution in [0, 0.1) is 0 Å². The van der Waals surface area contributed by atoms with Crippen LogP contribution in [0.1, 0.15) is 5.69 Å². The van der Waals surface area contributed by atoms with Gasteiger partial charge in [0, 0.05) is 0 Å². The number of hydrogen-bond acceptors (Lipinski definition) is 5. The van der Waals surface area contributed by atoms with Gasteiger partial charge in [-0.2, -0.15) is 13.2 Å². The van der Waals surface area contributed by atoms with Gasteiger partial charge >= 0.3 is 12.3 Å². The molecule has 2 amide bonds. The second-order valence-electron chi connectivity index (χ2n) is 3.70. The van der Waals surface area contributed by atoms with E-state index in [1.54, 1.807) is 0 Å². The summed E-state index contributed by atoms with van der Waals surface area (Å²) >= 11 is 0.927. The van der Waals surface area contributed by atoms with Crippen LogP contribution in [0.5, 0.6) is 0 Å². The fourth-order valence-electron chi connectivity index (χ4n) is 1.54. The Morgan fingerprint density at radius 3 is 2.80 bits per heavy atom. The number of hydrogen-bond donors (Lipinski definition) is 1. The van der Waals surface area contributed by atoms with Crippen LogP contribution < -0.4 is 10.6 Å². The minimum absolute atomic E-state index is 0.0458. The average Bonchev–Trinajstić information content (AvgIpc) is 2.69. The first kappa shape index (κ1) is 14.4. The summed E-state index contributed by atoms with van der Waals surface area (Å²) in [6.45, 7) is 0. The number of ether oxygens (including phenoxy) is 1. The van der Waals surface area contributed by atoms with Gasteiger partial charge < -0.3 is 10.5 Å². The van der Waals surface area contributed by atoms with Crippen molar-refractivity contribution in [1.29, 1.82) is 0 Å². The smallest absolute Gasteiger partial charge is 0.415 e. The van der Waals surface area contributed by atoms with Gasteiger partial charge in [0.05, 0.1) is 5.75 Å². The molecule has 1 aliphatic rings. The van der Waals surface area contributed by atoms with Crippen molar-refractivity contribution in [1.82, 2.24) is 4.98 Å². The number of primary amides is 1. The number of pyridine rings is 1. The number of nitrogens with zero attached hydrogens (tertiary/aromatic N) is 2. The average molecular weight is 307 g/mol. The molecule has 1 saturated heterocycles. The zero-order valence-corrected chi connectivity index (χ0v) is 10.6. The van der Waals surface area contributed by atoms with Crippen LogP contribution in [-0.4, -0.2) is 28.3 Å². The van der Waals surface area contributed by atoms with E-state index >= 15 is 0 Å². The number of alkyl halides is 3. The minimum Gasteiger partial charge on any atom is -0.415 e. The van der Waals surface area contributed by atoms with E-state index in [9.17, 15) is 22.8 Å². The summed E-state index contributed by atoms with van der Waals surface area (Å²) in [4.78, 5) is 26.6. The molecule has 2 rings (SSSR count). The molecule has 1 unspecified atom stereocenters. The van der Waals surface area contributed by atoms with Crippen molar-refractivity contribution >= 4 is 29.6 Å². The highest BCUT2D eigenvalue weighted by Gasteiger charge is 2.38. The summed E-state index contributed by atoms with van der Waals surface area (Å²) in [6, 6.07) is 3.11. The van der Waals surface area contributed by atoms with Crippen molar-refractivity contribution in [2.24, 2.45) is 5.73 Å². The number of nitrogens with two attached hydrogens (primary N) is 1. The molecule has 10 heteroatoms. The number of carbonyl (C=O) groups is 2. The normalized spacial score (nSPS) is 19.2. The van der Waals surface area contributed by atoms with Gasteiger partial charge in [0.2, 0.25) is 11.5 Å². The van der Waals surface area contributed by atoms with Crippen molar-refractivity contribution in [3.63, 3.8) is 0 Å². The third kappa shape index (κ3) is 2.95. The molecule has 1 atom stereocenters. The number of carbonyl (C=O) groups excluding carboxylic acids is 2. The predicted octanol–water partition coefficient (Wildman–Crippen LogP) is 1.56. The van der Waals surface area contributed by atoms with Gasteiger partial charge in [-0.05, 0) is 12.1 Å². The van der Waals surface area contributed by atoms with E-state index < -0.39 is 29.4 Å². The predicted molar refractivity (Wildman–Crippen MR) is 63.6 cm³/mol. The number of aromatic nitrogens is 1. The summed E-state index contributed by atoms with van der Waals surface area (Å²) in [5.74, 6) is -0.815. The van der Waals surface area contributed by atoms with Crippen molar-refractivity contribution in [2.75, 3.05) is 10.7 Å². The van der Waals surface area contributed by atoms with Crippen LogP contribution in [0.4, 0.5) is 23.8 Å². The van der Waals surface area contributed by atoms with Gasteiger partial charge in [0.25, 0.3) is 0 Å². The monoisotopic (exact) mass is 307 g/mol.